The number of alkyl halides is 3. The van der Waals surface area contributed by atoms with Gasteiger partial charge in [-0.3, -0.25) is 0 Å². The predicted octanol–water partition coefficient (Wildman–Crippen LogP) is 1.93. The fraction of sp³-hybridized carbons (Fsp3) is 0.611. The summed E-state index contributed by atoms with van der Waals surface area (Å²) >= 11 is 0. The van der Waals surface area contributed by atoms with E-state index in [-0.39, 0.29) is 24.4 Å². The molecule has 0 aromatic heterocycles. The standard InChI is InChI=1S/C18H24F3N3O3/c19-18(20,21)13-2-1-3-16(10-13)27-12-15(25)11-23-7-4-14(5-8-23)24-9-6-22-17(24)26/h1-3,10,14-15,25H,4-9,11-12H2,(H,22,26). The summed E-state index contributed by atoms with van der Waals surface area (Å²) in [6, 6.07) is 4.84. The van der Waals surface area contributed by atoms with Crippen molar-refractivity contribution < 1.29 is 27.8 Å². The highest BCUT2D eigenvalue weighted by molar-refractivity contribution is 5.76. The number of hydrogen-bond acceptors (Lipinski definition) is 4. The Kier molecular flexibility index (Phi) is 6.11. The van der Waals surface area contributed by atoms with E-state index < -0.39 is 17.8 Å². The highest BCUT2D eigenvalue weighted by Gasteiger charge is 2.32. The van der Waals surface area contributed by atoms with E-state index in [9.17, 15) is 23.1 Å². The molecule has 2 saturated heterocycles. The van der Waals surface area contributed by atoms with Crippen molar-refractivity contribution in [2.75, 3.05) is 39.3 Å². The number of urea groups is 1. The van der Waals surface area contributed by atoms with Gasteiger partial charge in [0.25, 0.3) is 0 Å². The molecular formula is C18H24F3N3O3. The quantitative estimate of drug-likeness (QED) is 0.783. The molecule has 1 aromatic carbocycles. The van der Waals surface area contributed by atoms with Crippen LogP contribution in [0.1, 0.15) is 18.4 Å². The lowest BCUT2D eigenvalue weighted by Crippen LogP contribution is -2.48. The number of carbonyl (C=O) groups is 1. The van der Waals surface area contributed by atoms with E-state index in [1.165, 1.54) is 12.1 Å². The van der Waals surface area contributed by atoms with Gasteiger partial charge in [0.2, 0.25) is 0 Å². The normalized spacial score (nSPS) is 20.6. The summed E-state index contributed by atoms with van der Waals surface area (Å²) in [5.74, 6) is 0.0858. The number of piperidine rings is 1. The van der Waals surface area contributed by atoms with E-state index >= 15 is 0 Å². The molecule has 2 fully saturated rings. The molecular weight excluding hydrogens is 363 g/mol. The number of benzene rings is 1. The minimum Gasteiger partial charge on any atom is -0.491 e. The van der Waals surface area contributed by atoms with Crippen LogP contribution in [0.4, 0.5) is 18.0 Å². The van der Waals surface area contributed by atoms with Crippen LogP contribution >= 0.6 is 0 Å². The third kappa shape index (κ3) is 5.26. The number of likely N-dealkylation sites (tertiary alicyclic amines) is 1. The van der Waals surface area contributed by atoms with E-state index in [0.29, 0.717) is 13.1 Å². The summed E-state index contributed by atoms with van der Waals surface area (Å²) in [6.07, 6.45) is -3.54. The van der Waals surface area contributed by atoms with Crippen LogP contribution in [-0.4, -0.2) is 72.4 Å². The van der Waals surface area contributed by atoms with E-state index in [1.54, 1.807) is 0 Å². The Labute approximate surface area is 155 Å². The van der Waals surface area contributed by atoms with Gasteiger partial charge in [-0.25, -0.2) is 4.79 Å². The molecule has 9 heteroatoms. The number of hydrogen-bond donors (Lipinski definition) is 2. The molecule has 0 saturated carbocycles. The van der Waals surface area contributed by atoms with Gasteiger partial charge in [-0.2, -0.15) is 13.2 Å². The number of halogens is 3. The van der Waals surface area contributed by atoms with E-state index in [2.05, 4.69) is 10.2 Å². The van der Waals surface area contributed by atoms with Crippen molar-refractivity contribution in [1.29, 1.82) is 0 Å². The molecule has 2 N–H and O–H groups in total. The molecule has 27 heavy (non-hydrogen) atoms. The van der Waals surface area contributed by atoms with E-state index in [0.717, 1.165) is 44.6 Å². The molecule has 0 radical (unpaired) electrons. The molecule has 2 heterocycles. The lowest BCUT2D eigenvalue weighted by atomic mass is 10.0. The predicted molar refractivity (Wildman–Crippen MR) is 92.5 cm³/mol. The average molecular weight is 387 g/mol. The second-order valence-corrected chi connectivity index (χ2v) is 6.95. The van der Waals surface area contributed by atoms with Crippen molar-refractivity contribution in [3.05, 3.63) is 29.8 Å². The molecule has 2 aliphatic rings. The number of carbonyl (C=O) groups excluding carboxylic acids is 1. The van der Waals surface area contributed by atoms with Gasteiger partial charge in [0.15, 0.2) is 0 Å². The number of nitrogens with zero attached hydrogens (tertiary/aromatic N) is 2. The minimum absolute atomic E-state index is 0.0111. The number of ether oxygens (including phenoxy) is 1. The maximum atomic E-state index is 12.7. The molecule has 1 aromatic rings. The summed E-state index contributed by atoms with van der Waals surface area (Å²) in [4.78, 5) is 15.7. The first-order chi connectivity index (χ1) is 12.8. The Morgan fingerprint density at radius 1 is 1.26 bits per heavy atom. The zero-order valence-corrected chi connectivity index (χ0v) is 14.9. The molecule has 0 bridgehead atoms. The SMILES string of the molecule is O=C1NCCN1C1CCN(CC(O)COc2cccc(C(F)(F)F)c2)CC1. The molecule has 2 amide bonds. The van der Waals surface area contributed by atoms with Gasteiger partial charge in [0, 0.05) is 38.8 Å². The van der Waals surface area contributed by atoms with Crippen LogP contribution in [-0.2, 0) is 6.18 Å². The molecule has 2 aliphatic heterocycles. The number of β-amino-alcohol motifs (C(OH)–C–C–N with tert-alkyl or cyclic N) is 1. The summed E-state index contributed by atoms with van der Waals surface area (Å²) < 4.78 is 43.4. The van der Waals surface area contributed by atoms with Crippen LogP contribution < -0.4 is 10.1 Å². The number of aliphatic hydroxyl groups excluding tert-OH is 1. The van der Waals surface area contributed by atoms with Crippen LogP contribution in [0.25, 0.3) is 0 Å². The first-order valence-corrected chi connectivity index (χ1v) is 9.08. The van der Waals surface area contributed by atoms with Gasteiger partial charge < -0.3 is 25.0 Å². The van der Waals surface area contributed by atoms with Crippen molar-refractivity contribution in [3.63, 3.8) is 0 Å². The number of rotatable bonds is 6. The number of amides is 2. The van der Waals surface area contributed by atoms with E-state index in [1.807, 2.05) is 4.90 Å². The van der Waals surface area contributed by atoms with Gasteiger partial charge in [0.1, 0.15) is 18.5 Å². The van der Waals surface area contributed by atoms with Crippen molar-refractivity contribution in [1.82, 2.24) is 15.1 Å². The maximum absolute atomic E-state index is 12.7. The van der Waals surface area contributed by atoms with Crippen LogP contribution in [0.5, 0.6) is 5.75 Å². The molecule has 1 atom stereocenters. The summed E-state index contributed by atoms with van der Waals surface area (Å²) in [7, 11) is 0. The van der Waals surface area contributed by atoms with Crippen LogP contribution in [0.15, 0.2) is 24.3 Å². The van der Waals surface area contributed by atoms with Crippen molar-refractivity contribution in [3.8, 4) is 5.75 Å². The molecule has 3 rings (SSSR count). The second-order valence-electron chi connectivity index (χ2n) is 6.95. The van der Waals surface area contributed by atoms with Crippen molar-refractivity contribution >= 4 is 6.03 Å². The molecule has 0 aliphatic carbocycles. The third-order valence-electron chi connectivity index (χ3n) is 4.96. The number of nitrogens with one attached hydrogen (secondary N) is 1. The van der Waals surface area contributed by atoms with Gasteiger partial charge in [-0.15, -0.1) is 0 Å². The van der Waals surface area contributed by atoms with Gasteiger partial charge in [-0.1, -0.05) is 6.07 Å². The van der Waals surface area contributed by atoms with Crippen LogP contribution in [0.3, 0.4) is 0 Å². The summed E-state index contributed by atoms with van der Waals surface area (Å²) in [5, 5.41) is 13.0. The van der Waals surface area contributed by atoms with Crippen molar-refractivity contribution in [2.45, 2.75) is 31.2 Å². The highest BCUT2D eigenvalue weighted by Crippen LogP contribution is 2.31. The fourth-order valence-corrected chi connectivity index (χ4v) is 3.55. The largest absolute Gasteiger partial charge is 0.491 e. The van der Waals surface area contributed by atoms with Crippen LogP contribution in [0, 0.1) is 0 Å². The van der Waals surface area contributed by atoms with Gasteiger partial charge in [0.05, 0.1) is 5.56 Å². The molecule has 1 unspecified atom stereocenters. The Bertz CT molecular complexity index is 648. The first kappa shape index (κ1) is 19.8. The smallest absolute Gasteiger partial charge is 0.416 e. The topological polar surface area (TPSA) is 65.0 Å². The Hall–Kier alpha value is -2.00. The Morgan fingerprint density at radius 3 is 2.63 bits per heavy atom. The van der Waals surface area contributed by atoms with Gasteiger partial charge in [-0.05, 0) is 31.0 Å². The maximum Gasteiger partial charge on any atom is 0.416 e. The lowest BCUT2D eigenvalue weighted by Gasteiger charge is -2.36. The van der Waals surface area contributed by atoms with Gasteiger partial charge >= 0.3 is 12.2 Å². The fourth-order valence-electron chi connectivity index (χ4n) is 3.55. The second kappa shape index (κ2) is 8.35. The Balaban J connectivity index is 1.41. The zero-order chi connectivity index (χ0) is 19.4. The lowest BCUT2D eigenvalue weighted by molar-refractivity contribution is -0.137. The highest BCUT2D eigenvalue weighted by atomic mass is 19.4. The zero-order valence-electron chi connectivity index (χ0n) is 14.9. The monoisotopic (exact) mass is 387 g/mol. The minimum atomic E-state index is -4.42. The molecule has 0 spiro atoms. The summed E-state index contributed by atoms with van der Waals surface area (Å²) in [6.45, 7) is 3.25. The molecule has 150 valence electrons. The number of aliphatic hydroxyl groups is 1. The third-order valence-corrected chi connectivity index (χ3v) is 4.96. The molecule has 6 nitrogen and oxygen atoms in total. The van der Waals surface area contributed by atoms with Crippen molar-refractivity contribution in [2.24, 2.45) is 0 Å². The first-order valence-electron chi connectivity index (χ1n) is 9.08. The van der Waals surface area contributed by atoms with E-state index in [4.69, 9.17) is 4.74 Å². The average Bonchev–Trinajstić information content (AvgIpc) is 3.06. The summed E-state index contributed by atoms with van der Waals surface area (Å²) in [5.41, 5.74) is -0.775. The Morgan fingerprint density at radius 2 is 2.00 bits per heavy atom. The van der Waals surface area contributed by atoms with Crippen LogP contribution in [0.2, 0.25) is 0 Å².